The van der Waals surface area contributed by atoms with Gasteiger partial charge in [-0.15, -0.1) is 0 Å². The summed E-state index contributed by atoms with van der Waals surface area (Å²) in [6, 6.07) is 0. The fourth-order valence-electron chi connectivity index (χ4n) is 3.97. The lowest BCUT2D eigenvalue weighted by Gasteiger charge is -2.30. The molecule has 2 nitrogen and oxygen atoms in total. The zero-order valence-corrected chi connectivity index (χ0v) is 10.2. The number of hydrogen-bond acceptors (Lipinski definition) is 2. The third kappa shape index (κ3) is 2.16. The molecule has 2 fully saturated rings. The molecule has 0 aromatic heterocycles. The largest absolute Gasteiger partial charge is 0.463 e. The Morgan fingerprint density at radius 2 is 2.06 bits per heavy atom. The average molecular weight is 222 g/mol. The molecule has 0 aromatic rings. The van der Waals surface area contributed by atoms with Gasteiger partial charge in [-0.3, -0.25) is 0 Å². The van der Waals surface area contributed by atoms with Crippen molar-refractivity contribution in [3.8, 4) is 0 Å². The molecule has 0 N–H and O–H groups in total. The molecule has 16 heavy (non-hydrogen) atoms. The van der Waals surface area contributed by atoms with Crippen molar-refractivity contribution in [1.29, 1.82) is 0 Å². The lowest BCUT2D eigenvalue weighted by Crippen LogP contribution is -2.23. The Kier molecular flexibility index (Phi) is 3.67. The maximum absolute atomic E-state index is 11.0. The molecule has 90 valence electrons. The Bertz CT molecular complexity index is 272. The zero-order chi connectivity index (χ0) is 11.5. The maximum atomic E-state index is 11.0. The summed E-state index contributed by atoms with van der Waals surface area (Å²) in [6.45, 7) is 6.28. The van der Waals surface area contributed by atoms with Crippen LogP contribution in [0.3, 0.4) is 0 Å². The van der Waals surface area contributed by atoms with Crippen LogP contribution in [0.25, 0.3) is 0 Å². The van der Waals surface area contributed by atoms with Gasteiger partial charge in [0.15, 0.2) is 0 Å². The van der Waals surface area contributed by atoms with E-state index in [0.717, 1.165) is 30.1 Å². The zero-order valence-electron chi connectivity index (χ0n) is 10.2. The first kappa shape index (κ1) is 11.7. The van der Waals surface area contributed by atoms with Gasteiger partial charge in [0.05, 0.1) is 6.61 Å². The molecule has 4 unspecified atom stereocenters. The fourth-order valence-corrected chi connectivity index (χ4v) is 3.97. The van der Waals surface area contributed by atoms with Gasteiger partial charge in [0.1, 0.15) is 0 Å². The second kappa shape index (κ2) is 5.03. The summed E-state index contributed by atoms with van der Waals surface area (Å²) in [5.41, 5.74) is 0. The highest BCUT2D eigenvalue weighted by atomic mass is 16.5. The van der Waals surface area contributed by atoms with Gasteiger partial charge in [-0.2, -0.15) is 0 Å². The molecule has 2 bridgehead atoms. The van der Waals surface area contributed by atoms with E-state index in [9.17, 15) is 4.79 Å². The summed E-state index contributed by atoms with van der Waals surface area (Å²) < 4.78 is 5.10. The van der Waals surface area contributed by atoms with Gasteiger partial charge in [0.25, 0.3) is 0 Å². The van der Waals surface area contributed by atoms with Gasteiger partial charge in [-0.25, -0.2) is 4.79 Å². The first-order valence-electron chi connectivity index (χ1n) is 6.55. The van der Waals surface area contributed by atoms with Crippen LogP contribution in [0, 0.1) is 23.7 Å². The van der Waals surface area contributed by atoms with Crippen molar-refractivity contribution in [2.45, 2.75) is 39.0 Å². The highest BCUT2D eigenvalue weighted by molar-refractivity contribution is 5.81. The van der Waals surface area contributed by atoms with Crippen LogP contribution in [0.1, 0.15) is 39.0 Å². The Hall–Kier alpha value is -0.790. The standard InChI is InChI=1S/C14H22O2/c1-3-12-10-5-6-11(9-10)13(12)7-8-16-14(15)4-2/h4,10-13H,2-3,5-9H2,1H3. The first-order chi connectivity index (χ1) is 7.76. The lowest BCUT2D eigenvalue weighted by atomic mass is 9.76. The minimum Gasteiger partial charge on any atom is -0.463 e. The molecular weight excluding hydrogens is 200 g/mol. The van der Waals surface area contributed by atoms with E-state index >= 15 is 0 Å². The molecule has 0 aliphatic heterocycles. The predicted molar refractivity (Wildman–Crippen MR) is 63.9 cm³/mol. The quantitative estimate of drug-likeness (QED) is 0.527. The minimum atomic E-state index is -0.281. The molecule has 2 heteroatoms. The summed E-state index contributed by atoms with van der Waals surface area (Å²) in [4.78, 5) is 11.0. The average Bonchev–Trinajstić information content (AvgIpc) is 2.88. The molecule has 2 aliphatic carbocycles. The van der Waals surface area contributed by atoms with Crippen molar-refractivity contribution >= 4 is 5.97 Å². The Morgan fingerprint density at radius 3 is 2.69 bits per heavy atom. The highest BCUT2D eigenvalue weighted by Gasteiger charge is 2.45. The van der Waals surface area contributed by atoms with Gasteiger partial charge >= 0.3 is 5.97 Å². The molecule has 4 atom stereocenters. The molecule has 2 rings (SSSR count). The summed E-state index contributed by atoms with van der Waals surface area (Å²) in [6.07, 6.45) is 7.87. The highest BCUT2D eigenvalue weighted by Crippen LogP contribution is 2.54. The van der Waals surface area contributed by atoms with E-state index in [0.29, 0.717) is 6.61 Å². The van der Waals surface area contributed by atoms with Crippen LogP contribution < -0.4 is 0 Å². The summed E-state index contributed by atoms with van der Waals surface area (Å²) in [5.74, 6) is 3.30. The van der Waals surface area contributed by atoms with Crippen molar-refractivity contribution in [1.82, 2.24) is 0 Å². The van der Waals surface area contributed by atoms with Crippen molar-refractivity contribution in [3.05, 3.63) is 12.7 Å². The van der Waals surface area contributed by atoms with Gasteiger partial charge in [-0.1, -0.05) is 19.9 Å². The molecule has 2 saturated carbocycles. The van der Waals surface area contributed by atoms with Gasteiger partial charge in [-0.05, 0) is 49.4 Å². The third-order valence-corrected chi connectivity index (χ3v) is 4.61. The smallest absolute Gasteiger partial charge is 0.330 e. The molecule has 0 saturated heterocycles. The number of hydrogen-bond donors (Lipinski definition) is 0. The predicted octanol–water partition coefficient (Wildman–Crippen LogP) is 3.18. The first-order valence-corrected chi connectivity index (χ1v) is 6.55. The third-order valence-electron chi connectivity index (χ3n) is 4.61. The Labute approximate surface area is 98.1 Å². The second-order valence-electron chi connectivity index (χ2n) is 5.23. The van der Waals surface area contributed by atoms with Crippen LogP contribution in [-0.4, -0.2) is 12.6 Å². The second-order valence-corrected chi connectivity index (χ2v) is 5.23. The van der Waals surface area contributed by atoms with Crippen molar-refractivity contribution in [2.24, 2.45) is 23.7 Å². The van der Waals surface area contributed by atoms with E-state index in [1.807, 2.05) is 0 Å². The van der Waals surface area contributed by atoms with Gasteiger partial charge in [0, 0.05) is 6.08 Å². The van der Waals surface area contributed by atoms with Crippen LogP contribution in [0.4, 0.5) is 0 Å². The fraction of sp³-hybridized carbons (Fsp3) is 0.786. The van der Waals surface area contributed by atoms with Crippen LogP contribution in [0.5, 0.6) is 0 Å². The lowest BCUT2D eigenvalue weighted by molar-refractivity contribution is -0.138. The van der Waals surface area contributed by atoms with Crippen LogP contribution in [0.2, 0.25) is 0 Å². The van der Waals surface area contributed by atoms with Crippen molar-refractivity contribution in [3.63, 3.8) is 0 Å². The van der Waals surface area contributed by atoms with E-state index in [-0.39, 0.29) is 5.97 Å². The normalized spacial score (nSPS) is 36.3. The summed E-state index contributed by atoms with van der Waals surface area (Å²) in [7, 11) is 0. The molecule has 0 aromatic carbocycles. The van der Waals surface area contributed by atoms with Crippen molar-refractivity contribution in [2.75, 3.05) is 6.61 Å². The minimum absolute atomic E-state index is 0.281. The van der Waals surface area contributed by atoms with E-state index in [1.54, 1.807) is 0 Å². The van der Waals surface area contributed by atoms with E-state index in [2.05, 4.69) is 13.5 Å². The van der Waals surface area contributed by atoms with E-state index in [4.69, 9.17) is 4.74 Å². The van der Waals surface area contributed by atoms with Crippen LogP contribution in [-0.2, 0) is 9.53 Å². The molecule has 0 heterocycles. The monoisotopic (exact) mass is 222 g/mol. The van der Waals surface area contributed by atoms with E-state index < -0.39 is 0 Å². The maximum Gasteiger partial charge on any atom is 0.330 e. The van der Waals surface area contributed by atoms with Gasteiger partial charge in [0.2, 0.25) is 0 Å². The number of fused-ring (bicyclic) bond motifs is 2. The number of ether oxygens (including phenoxy) is 1. The SMILES string of the molecule is C=CC(=O)OCCC1C2CCC(C2)C1CC. The summed E-state index contributed by atoms with van der Waals surface area (Å²) in [5, 5.41) is 0. The van der Waals surface area contributed by atoms with E-state index in [1.165, 1.54) is 31.8 Å². The summed E-state index contributed by atoms with van der Waals surface area (Å²) >= 11 is 0. The topological polar surface area (TPSA) is 26.3 Å². The Morgan fingerprint density at radius 1 is 1.38 bits per heavy atom. The molecule has 0 amide bonds. The number of carbonyl (C=O) groups excluding carboxylic acids is 1. The molecular formula is C14H22O2. The van der Waals surface area contributed by atoms with Gasteiger partial charge < -0.3 is 4.74 Å². The Balaban J connectivity index is 1.80. The van der Waals surface area contributed by atoms with Crippen LogP contribution >= 0.6 is 0 Å². The van der Waals surface area contributed by atoms with Crippen LogP contribution in [0.15, 0.2) is 12.7 Å². The molecule has 0 spiro atoms. The van der Waals surface area contributed by atoms with Crippen molar-refractivity contribution < 1.29 is 9.53 Å². The molecule has 0 radical (unpaired) electrons. The number of esters is 1. The number of carbonyl (C=O) groups is 1. The molecule has 2 aliphatic rings. The number of rotatable bonds is 5.